The van der Waals surface area contributed by atoms with Crippen molar-refractivity contribution >= 4 is 15.9 Å². The Morgan fingerprint density at radius 3 is 2.22 bits per heavy atom. The summed E-state index contributed by atoms with van der Waals surface area (Å²) in [6.07, 6.45) is 2.09. The van der Waals surface area contributed by atoms with E-state index in [9.17, 15) is 13.2 Å². The van der Waals surface area contributed by atoms with Gasteiger partial charge in [-0.25, -0.2) is 8.42 Å². The number of hydrogen-bond donors (Lipinski definition) is 0. The van der Waals surface area contributed by atoms with Gasteiger partial charge < -0.3 is 9.64 Å². The van der Waals surface area contributed by atoms with Crippen LogP contribution < -0.4 is 4.74 Å². The molecule has 128 valence electrons. The van der Waals surface area contributed by atoms with Gasteiger partial charge in [0.25, 0.3) is 5.91 Å². The molecule has 1 fully saturated rings. The van der Waals surface area contributed by atoms with Gasteiger partial charge in [-0.1, -0.05) is 13.8 Å². The lowest BCUT2D eigenvalue weighted by Crippen LogP contribution is -2.32. The Kier molecular flexibility index (Phi) is 6.01. The van der Waals surface area contributed by atoms with Crippen LogP contribution in [0.4, 0.5) is 0 Å². The van der Waals surface area contributed by atoms with Crippen LogP contribution in [0.5, 0.6) is 5.75 Å². The molecule has 2 rings (SSSR count). The predicted molar refractivity (Wildman–Crippen MR) is 87.9 cm³/mol. The van der Waals surface area contributed by atoms with E-state index in [2.05, 4.69) is 0 Å². The van der Waals surface area contributed by atoms with E-state index >= 15 is 0 Å². The first kappa shape index (κ1) is 17.7. The highest BCUT2D eigenvalue weighted by atomic mass is 32.2. The van der Waals surface area contributed by atoms with Gasteiger partial charge in [-0.3, -0.25) is 4.79 Å². The van der Waals surface area contributed by atoms with Crippen molar-refractivity contribution in [1.82, 2.24) is 9.21 Å². The largest absolute Gasteiger partial charge is 0.484 e. The summed E-state index contributed by atoms with van der Waals surface area (Å²) in [5.41, 5.74) is 0. The number of amides is 1. The number of nitrogens with zero attached hydrogens (tertiary/aromatic N) is 2. The van der Waals surface area contributed by atoms with E-state index in [4.69, 9.17) is 4.74 Å². The molecule has 0 N–H and O–H groups in total. The predicted octanol–water partition coefficient (Wildman–Crippen LogP) is 1.72. The third kappa shape index (κ3) is 4.23. The molecule has 0 bridgehead atoms. The van der Waals surface area contributed by atoms with Crippen molar-refractivity contribution in [3.8, 4) is 5.75 Å². The van der Waals surface area contributed by atoms with Crippen molar-refractivity contribution in [2.45, 2.75) is 31.6 Å². The van der Waals surface area contributed by atoms with Gasteiger partial charge in [-0.2, -0.15) is 4.31 Å². The Labute approximate surface area is 138 Å². The minimum atomic E-state index is -3.46. The Bertz CT molecular complexity index is 618. The molecule has 0 radical (unpaired) electrons. The first-order valence-corrected chi connectivity index (χ1v) is 9.43. The second kappa shape index (κ2) is 7.79. The maximum atomic E-state index is 12.4. The summed E-state index contributed by atoms with van der Waals surface area (Å²) in [5, 5.41) is 0. The van der Waals surface area contributed by atoms with Crippen LogP contribution in [0.3, 0.4) is 0 Å². The molecule has 1 saturated heterocycles. The number of carbonyl (C=O) groups is 1. The lowest BCUT2D eigenvalue weighted by Gasteiger charge is -2.18. The third-order valence-electron chi connectivity index (χ3n) is 3.99. The minimum Gasteiger partial charge on any atom is -0.484 e. The number of carbonyl (C=O) groups excluding carboxylic acids is 1. The number of likely N-dealkylation sites (tertiary alicyclic amines) is 1. The molecule has 23 heavy (non-hydrogen) atoms. The molecular weight excluding hydrogens is 316 g/mol. The van der Waals surface area contributed by atoms with E-state index in [0.29, 0.717) is 18.8 Å². The quantitative estimate of drug-likeness (QED) is 0.758. The standard InChI is InChI=1S/C16H24N2O4S/c1-3-18(4-2)23(20,21)15-9-7-14(8-10-15)22-13-16(19)17-11-5-6-12-17/h7-10H,3-6,11-13H2,1-2H3. The van der Waals surface area contributed by atoms with Gasteiger partial charge in [0.1, 0.15) is 5.75 Å². The van der Waals surface area contributed by atoms with Crippen LogP contribution in [0.1, 0.15) is 26.7 Å². The molecule has 1 heterocycles. The van der Waals surface area contributed by atoms with E-state index in [1.807, 2.05) is 13.8 Å². The molecule has 6 nitrogen and oxygen atoms in total. The SMILES string of the molecule is CCN(CC)S(=O)(=O)c1ccc(OCC(=O)N2CCCC2)cc1. The molecule has 1 aliphatic rings. The van der Waals surface area contributed by atoms with Crippen LogP contribution in [0.2, 0.25) is 0 Å². The number of rotatable bonds is 7. The van der Waals surface area contributed by atoms with Crippen LogP contribution >= 0.6 is 0 Å². The fourth-order valence-corrected chi connectivity index (χ4v) is 4.08. The smallest absolute Gasteiger partial charge is 0.260 e. The van der Waals surface area contributed by atoms with Crippen molar-refractivity contribution in [3.05, 3.63) is 24.3 Å². The van der Waals surface area contributed by atoms with Crippen LogP contribution in [-0.4, -0.2) is 56.3 Å². The molecule has 1 aromatic rings. The molecular formula is C16H24N2O4S. The molecule has 0 aromatic heterocycles. The second-order valence-corrected chi connectivity index (χ2v) is 7.38. The highest BCUT2D eigenvalue weighted by Gasteiger charge is 2.21. The minimum absolute atomic E-state index is 0.0118. The van der Waals surface area contributed by atoms with E-state index in [0.717, 1.165) is 25.9 Å². The number of hydrogen-bond acceptors (Lipinski definition) is 4. The van der Waals surface area contributed by atoms with Gasteiger partial charge in [-0.05, 0) is 37.1 Å². The van der Waals surface area contributed by atoms with Crippen molar-refractivity contribution < 1.29 is 17.9 Å². The first-order chi connectivity index (χ1) is 11.0. The van der Waals surface area contributed by atoms with E-state index in [1.165, 1.54) is 16.4 Å². The van der Waals surface area contributed by atoms with Gasteiger partial charge in [-0.15, -0.1) is 0 Å². The Morgan fingerprint density at radius 1 is 1.13 bits per heavy atom. The van der Waals surface area contributed by atoms with E-state index in [1.54, 1.807) is 17.0 Å². The monoisotopic (exact) mass is 340 g/mol. The Hall–Kier alpha value is -1.60. The van der Waals surface area contributed by atoms with Crippen LogP contribution in [0.15, 0.2) is 29.2 Å². The van der Waals surface area contributed by atoms with Crippen LogP contribution in [-0.2, 0) is 14.8 Å². The van der Waals surface area contributed by atoms with Gasteiger partial charge in [0, 0.05) is 26.2 Å². The van der Waals surface area contributed by atoms with E-state index in [-0.39, 0.29) is 17.4 Å². The first-order valence-electron chi connectivity index (χ1n) is 7.99. The number of benzene rings is 1. The summed E-state index contributed by atoms with van der Waals surface area (Å²) >= 11 is 0. The molecule has 1 aliphatic heterocycles. The highest BCUT2D eigenvalue weighted by molar-refractivity contribution is 7.89. The molecule has 7 heteroatoms. The number of sulfonamides is 1. The fourth-order valence-electron chi connectivity index (χ4n) is 2.62. The van der Waals surface area contributed by atoms with Gasteiger partial charge in [0.05, 0.1) is 4.90 Å². The summed E-state index contributed by atoms with van der Waals surface area (Å²) in [4.78, 5) is 13.9. The average molecular weight is 340 g/mol. The molecule has 1 aromatic carbocycles. The lowest BCUT2D eigenvalue weighted by molar-refractivity contribution is -0.132. The average Bonchev–Trinajstić information content (AvgIpc) is 3.08. The fraction of sp³-hybridized carbons (Fsp3) is 0.562. The normalized spacial score (nSPS) is 15.2. The zero-order valence-electron chi connectivity index (χ0n) is 13.7. The Morgan fingerprint density at radius 2 is 1.70 bits per heavy atom. The van der Waals surface area contributed by atoms with Crippen molar-refractivity contribution in [3.63, 3.8) is 0 Å². The molecule has 0 aliphatic carbocycles. The highest BCUT2D eigenvalue weighted by Crippen LogP contribution is 2.19. The summed E-state index contributed by atoms with van der Waals surface area (Å²) in [7, 11) is -3.46. The Balaban J connectivity index is 1.98. The summed E-state index contributed by atoms with van der Waals surface area (Å²) in [6, 6.07) is 6.22. The third-order valence-corrected chi connectivity index (χ3v) is 6.05. The number of ether oxygens (including phenoxy) is 1. The lowest BCUT2D eigenvalue weighted by atomic mass is 10.3. The topological polar surface area (TPSA) is 66.9 Å². The zero-order valence-corrected chi connectivity index (χ0v) is 14.5. The molecule has 0 atom stereocenters. The van der Waals surface area contributed by atoms with Gasteiger partial charge in [0.15, 0.2) is 6.61 Å². The molecule has 0 unspecified atom stereocenters. The molecule has 0 spiro atoms. The van der Waals surface area contributed by atoms with Crippen LogP contribution in [0, 0.1) is 0 Å². The molecule has 0 saturated carbocycles. The summed E-state index contributed by atoms with van der Waals surface area (Å²) in [6.45, 7) is 6.06. The van der Waals surface area contributed by atoms with Gasteiger partial charge in [0.2, 0.25) is 10.0 Å². The summed E-state index contributed by atoms with van der Waals surface area (Å²) in [5.74, 6) is 0.471. The van der Waals surface area contributed by atoms with Crippen molar-refractivity contribution in [1.29, 1.82) is 0 Å². The van der Waals surface area contributed by atoms with Crippen molar-refractivity contribution in [2.75, 3.05) is 32.8 Å². The molecule has 1 amide bonds. The maximum Gasteiger partial charge on any atom is 0.260 e. The van der Waals surface area contributed by atoms with Crippen LogP contribution in [0.25, 0.3) is 0 Å². The van der Waals surface area contributed by atoms with Gasteiger partial charge >= 0.3 is 0 Å². The maximum absolute atomic E-state index is 12.4. The van der Waals surface area contributed by atoms with Crippen molar-refractivity contribution in [2.24, 2.45) is 0 Å². The summed E-state index contributed by atoms with van der Waals surface area (Å²) < 4.78 is 31.6. The second-order valence-electron chi connectivity index (χ2n) is 5.44. The zero-order chi connectivity index (χ0) is 16.9. The van der Waals surface area contributed by atoms with E-state index < -0.39 is 10.0 Å².